The predicted octanol–water partition coefficient (Wildman–Crippen LogP) is 8.04. The zero-order valence-corrected chi connectivity index (χ0v) is 23.1. The molecule has 6 rings (SSSR count). The molecule has 6 heteroatoms. The lowest BCUT2D eigenvalue weighted by Crippen LogP contribution is -2.11. The number of hydrogen-bond donors (Lipinski definition) is 2. The number of H-pyrrole nitrogens is 1. The predicted molar refractivity (Wildman–Crippen MR) is 158 cm³/mol. The van der Waals surface area contributed by atoms with Crippen molar-refractivity contribution in [2.75, 3.05) is 0 Å². The van der Waals surface area contributed by atoms with Crippen molar-refractivity contribution in [1.82, 2.24) is 14.5 Å². The first-order valence-electron chi connectivity index (χ1n) is 13.9. The van der Waals surface area contributed by atoms with Crippen LogP contribution in [0.15, 0.2) is 79.0 Å². The first kappa shape index (κ1) is 25.8. The number of carboxylic acids is 1. The second-order valence-corrected chi connectivity index (χ2v) is 11.8. The average Bonchev–Trinajstić information content (AvgIpc) is 3.72. The third-order valence-electron chi connectivity index (χ3n) is 8.04. The van der Waals surface area contributed by atoms with Crippen molar-refractivity contribution in [3.8, 4) is 22.6 Å². The lowest BCUT2D eigenvalue weighted by Gasteiger charge is -2.18. The summed E-state index contributed by atoms with van der Waals surface area (Å²) in [5.41, 5.74) is 7.27. The molecule has 0 unspecified atom stereocenters. The van der Waals surface area contributed by atoms with Crippen LogP contribution in [0.3, 0.4) is 0 Å². The highest BCUT2D eigenvalue weighted by atomic mass is 16.4. The molecule has 3 aromatic carbocycles. The fourth-order valence-electron chi connectivity index (χ4n) is 5.75. The number of aromatic nitrogens is 3. The van der Waals surface area contributed by atoms with Gasteiger partial charge in [-0.1, -0.05) is 82.1 Å². The molecular formula is C34H33N3O3. The number of imidazole rings is 1. The van der Waals surface area contributed by atoms with Crippen LogP contribution in [0.4, 0.5) is 0 Å². The summed E-state index contributed by atoms with van der Waals surface area (Å²) in [5, 5.41) is 9.47. The van der Waals surface area contributed by atoms with E-state index in [4.69, 9.17) is 4.98 Å². The van der Waals surface area contributed by atoms with Gasteiger partial charge in [0.05, 0.1) is 16.6 Å². The maximum atomic E-state index is 13.1. The number of carbonyl (C=O) groups is 2. The Kier molecular flexibility index (Phi) is 6.41. The van der Waals surface area contributed by atoms with E-state index in [1.54, 1.807) is 18.3 Å². The second kappa shape index (κ2) is 9.94. The molecule has 1 aliphatic rings. The first-order valence-corrected chi connectivity index (χ1v) is 13.9. The molecule has 1 saturated carbocycles. The SMILES string of the molecule is CC(C)(C)c1ccc(C(=O)c2c[nH]c(-c3ccc(-c4nc5cc(C(=O)O)ccc5n4C4CCCC4)cc3)c2)cc1. The maximum absolute atomic E-state index is 13.1. The van der Waals surface area contributed by atoms with Gasteiger partial charge in [0, 0.05) is 34.6 Å². The number of carbonyl (C=O) groups excluding carboxylic acids is 1. The Morgan fingerprint density at radius 3 is 2.15 bits per heavy atom. The minimum absolute atomic E-state index is 0.00871. The van der Waals surface area contributed by atoms with Gasteiger partial charge in [-0.25, -0.2) is 9.78 Å². The molecule has 0 amide bonds. The van der Waals surface area contributed by atoms with Crippen molar-refractivity contribution in [1.29, 1.82) is 0 Å². The number of rotatable bonds is 6. The van der Waals surface area contributed by atoms with Crippen molar-refractivity contribution < 1.29 is 14.7 Å². The molecule has 2 heterocycles. The standard InChI is InChI=1S/C34H33N3O3/c1-34(2,3)26-15-12-22(13-16-26)31(38)25-19-28(35-20-25)21-8-10-23(11-9-21)32-36-29-18-24(33(39)40)14-17-30(29)37(32)27-6-4-5-7-27/h8-20,27,35H,4-7H2,1-3H3,(H,39,40). The Labute approximate surface area is 233 Å². The van der Waals surface area contributed by atoms with E-state index >= 15 is 0 Å². The molecule has 6 nitrogen and oxygen atoms in total. The van der Waals surface area contributed by atoms with E-state index in [1.165, 1.54) is 18.4 Å². The van der Waals surface area contributed by atoms with Gasteiger partial charge in [-0.2, -0.15) is 0 Å². The van der Waals surface area contributed by atoms with Gasteiger partial charge in [-0.3, -0.25) is 4.79 Å². The molecule has 0 atom stereocenters. The van der Waals surface area contributed by atoms with Crippen molar-refractivity contribution in [2.45, 2.75) is 57.9 Å². The van der Waals surface area contributed by atoms with Crippen molar-refractivity contribution in [3.05, 3.63) is 101 Å². The summed E-state index contributed by atoms with van der Waals surface area (Å²) < 4.78 is 2.29. The molecule has 0 radical (unpaired) electrons. The molecule has 0 bridgehead atoms. The van der Waals surface area contributed by atoms with Gasteiger partial charge in [0.25, 0.3) is 0 Å². The van der Waals surface area contributed by atoms with Crippen LogP contribution in [0.25, 0.3) is 33.7 Å². The Morgan fingerprint density at radius 1 is 0.850 bits per heavy atom. The summed E-state index contributed by atoms with van der Waals surface area (Å²) >= 11 is 0. The largest absolute Gasteiger partial charge is 0.478 e. The topological polar surface area (TPSA) is 88.0 Å². The summed E-state index contributed by atoms with van der Waals surface area (Å²) in [7, 11) is 0. The lowest BCUT2D eigenvalue weighted by atomic mass is 9.86. The lowest BCUT2D eigenvalue weighted by molar-refractivity contribution is 0.0696. The van der Waals surface area contributed by atoms with E-state index in [0.29, 0.717) is 22.7 Å². The Bertz CT molecular complexity index is 1710. The molecular weight excluding hydrogens is 498 g/mol. The molecule has 1 aliphatic carbocycles. The van der Waals surface area contributed by atoms with Crippen LogP contribution >= 0.6 is 0 Å². The van der Waals surface area contributed by atoms with E-state index in [0.717, 1.165) is 41.0 Å². The third-order valence-corrected chi connectivity index (χ3v) is 8.04. The quantitative estimate of drug-likeness (QED) is 0.217. The van der Waals surface area contributed by atoms with E-state index < -0.39 is 5.97 Å². The maximum Gasteiger partial charge on any atom is 0.335 e. The van der Waals surface area contributed by atoms with Crippen LogP contribution < -0.4 is 0 Å². The molecule has 0 aliphatic heterocycles. The molecule has 2 aromatic heterocycles. The second-order valence-electron chi connectivity index (χ2n) is 11.8. The van der Waals surface area contributed by atoms with E-state index in [9.17, 15) is 14.7 Å². The van der Waals surface area contributed by atoms with Gasteiger partial charge >= 0.3 is 5.97 Å². The molecule has 202 valence electrons. The van der Waals surface area contributed by atoms with Crippen LogP contribution in [0.5, 0.6) is 0 Å². The highest BCUT2D eigenvalue weighted by Gasteiger charge is 2.24. The van der Waals surface area contributed by atoms with Crippen LogP contribution in [0.1, 0.15) is 84.3 Å². The number of aromatic amines is 1. The average molecular weight is 532 g/mol. The van der Waals surface area contributed by atoms with Crippen molar-refractivity contribution in [3.63, 3.8) is 0 Å². The number of nitrogens with zero attached hydrogens (tertiary/aromatic N) is 2. The Balaban J connectivity index is 1.29. The molecule has 1 fully saturated rings. The molecule has 5 aromatic rings. The normalized spacial score (nSPS) is 14.2. The third kappa shape index (κ3) is 4.75. The number of aromatic carboxylic acids is 1. The van der Waals surface area contributed by atoms with E-state index in [-0.39, 0.29) is 16.8 Å². The van der Waals surface area contributed by atoms with Crippen LogP contribution in [0.2, 0.25) is 0 Å². The summed E-state index contributed by atoms with van der Waals surface area (Å²) in [4.78, 5) is 32.9. The van der Waals surface area contributed by atoms with Crippen LogP contribution in [-0.4, -0.2) is 31.4 Å². The zero-order chi connectivity index (χ0) is 28.0. The van der Waals surface area contributed by atoms with Crippen molar-refractivity contribution >= 4 is 22.8 Å². The first-order chi connectivity index (χ1) is 19.2. The number of benzene rings is 3. The molecule has 0 saturated heterocycles. The Hall–Kier alpha value is -4.45. The fourth-order valence-corrected chi connectivity index (χ4v) is 5.75. The molecule has 40 heavy (non-hydrogen) atoms. The van der Waals surface area contributed by atoms with E-state index in [1.807, 2.05) is 60.7 Å². The van der Waals surface area contributed by atoms with Gasteiger partial charge in [0.15, 0.2) is 5.78 Å². The summed E-state index contributed by atoms with van der Waals surface area (Å²) in [5.74, 6) is -0.100. The zero-order valence-electron chi connectivity index (χ0n) is 23.1. The highest BCUT2D eigenvalue weighted by Crippen LogP contribution is 2.37. The molecule has 2 N–H and O–H groups in total. The Morgan fingerprint density at radius 2 is 1.50 bits per heavy atom. The fraction of sp³-hybridized carbons (Fsp3) is 0.265. The number of nitrogens with one attached hydrogen (secondary N) is 1. The van der Waals surface area contributed by atoms with E-state index in [2.05, 4.69) is 30.3 Å². The smallest absolute Gasteiger partial charge is 0.335 e. The van der Waals surface area contributed by atoms with Crippen molar-refractivity contribution in [2.24, 2.45) is 0 Å². The number of fused-ring (bicyclic) bond motifs is 1. The number of carboxylic acid groups (broad SMARTS) is 1. The van der Waals surface area contributed by atoms with Gasteiger partial charge in [-0.05, 0) is 53.6 Å². The van der Waals surface area contributed by atoms with Gasteiger partial charge in [0.2, 0.25) is 0 Å². The van der Waals surface area contributed by atoms with Gasteiger partial charge in [0.1, 0.15) is 5.82 Å². The van der Waals surface area contributed by atoms with Crippen LogP contribution in [-0.2, 0) is 5.41 Å². The highest BCUT2D eigenvalue weighted by molar-refractivity contribution is 6.09. The minimum atomic E-state index is -0.950. The molecule has 0 spiro atoms. The van der Waals surface area contributed by atoms with Gasteiger partial charge in [-0.15, -0.1) is 0 Å². The van der Waals surface area contributed by atoms with Crippen LogP contribution in [0, 0.1) is 0 Å². The minimum Gasteiger partial charge on any atom is -0.478 e. The summed E-state index contributed by atoms with van der Waals surface area (Å²) in [6.45, 7) is 6.48. The van der Waals surface area contributed by atoms with Gasteiger partial charge < -0.3 is 14.7 Å². The number of ketones is 1. The monoisotopic (exact) mass is 531 g/mol. The summed E-state index contributed by atoms with van der Waals surface area (Å²) in [6.07, 6.45) is 6.32. The summed E-state index contributed by atoms with van der Waals surface area (Å²) in [6, 6.07) is 23.5. The number of hydrogen-bond acceptors (Lipinski definition) is 3.